The Morgan fingerprint density at radius 3 is 2.10 bits per heavy atom. The van der Waals surface area contributed by atoms with Crippen LogP contribution in [0.1, 0.15) is 67.7 Å². The Hall–Kier alpha value is -0.585. The molecule has 0 saturated carbocycles. The van der Waals surface area contributed by atoms with Crippen LogP contribution in [-0.2, 0) is 18.8 Å². The summed E-state index contributed by atoms with van der Waals surface area (Å²) in [4.78, 5) is 11.6. The Kier molecular flexibility index (Phi) is 5.51. The van der Waals surface area contributed by atoms with Crippen molar-refractivity contribution >= 4 is 13.1 Å². The number of ether oxygens (including phenoxy) is 1. The summed E-state index contributed by atoms with van der Waals surface area (Å²) < 4.78 is 17.1. The molecule has 2 N–H and O–H groups in total. The quantitative estimate of drug-likeness (QED) is 0.623. The van der Waals surface area contributed by atoms with Crippen LogP contribution < -0.4 is 5.73 Å². The highest BCUT2D eigenvalue weighted by atomic mass is 16.7. The second kappa shape index (κ2) is 6.27. The van der Waals surface area contributed by atoms with E-state index in [1.54, 1.807) is 0 Å². The standard InChI is InChI=1S/C15H30BNO4/c1-13(2,3)19-12(18)10-8-9-11(17)16-20-14(4,5)15(6,7)21-16/h11H,8-10,17H2,1-7H3. The van der Waals surface area contributed by atoms with Gasteiger partial charge in [0.05, 0.1) is 11.2 Å². The molecule has 1 unspecified atom stereocenters. The summed E-state index contributed by atoms with van der Waals surface area (Å²) >= 11 is 0. The number of nitrogens with two attached hydrogens (primary N) is 1. The van der Waals surface area contributed by atoms with E-state index in [2.05, 4.69) is 0 Å². The first-order valence-corrected chi connectivity index (χ1v) is 7.67. The summed E-state index contributed by atoms with van der Waals surface area (Å²) in [6.45, 7) is 13.6. The van der Waals surface area contributed by atoms with Gasteiger partial charge in [-0.25, -0.2) is 0 Å². The molecule has 1 saturated heterocycles. The number of carbonyl (C=O) groups is 1. The maximum absolute atomic E-state index is 11.6. The molecule has 0 bridgehead atoms. The van der Waals surface area contributed by atoms with Crippen LogP contribution in [0.25, 0.3) is 0 Å². The lowest BCUT2D eigenvalue weighted by Crippen LogP contribution is -2.41. The third kappa shape index (κ3) is 5.27. The zero-order valence-corrected chi connectivity index (χ0v) is 14.5. The smallest absolute Gasteiger partial charge is 0.460 e. The molecule has 122 valence electrons. The first kappa shape index (κ1) is 18.5. The van der Waals surface area contributed by atoms with Crippen LogP contribution >= 0.6 is 0 Å². The van der Waals surface area contributed by atoms with Gasteiger partial charge in [-0.3, -0.25) is 4.79 Å². The molecule has 0 aromatic rings. The summed E-state index contributed by atoms with van der Waals surface area (Å²) in [5.74, 6) is -0.433. The van der Waals surface area contributed by atoms with Crippen molar-refractivity contribution in [2.75, 3.05) is 0 Å². The number of esters is 1. The Morgan fingerprint density at radius 2 is 1.67 bits per heavy atom. The van der Waals surface area contributed by atoms with Crippen LogP contribution in [0.3, 0.4) is 0 Å². The second-order valence-electron chi connectivity index (χ2n) is 7.77. The van der Waals surface area contributed by atoms with Gasteiger partial charge in [-0.05, 0) is 61.3 Å². The van der Waals surface area contributed by atoms with Gasteiger partial charge in [-0.15, -0.1) is 0 Å². The van der Waals surface area contributed by atoms with E-state index < -0.39 is 12.7 Å². The van der Waals surface area contributed by atoms with Crippen molar-refractivity contribution in [2.24, 2.45) is 5.73 Å². The van der Waals surface area contributed by atoms with Crippen molar-refractivity contribution in [3.8, 4) is 0 Å². The highest BCUT2D eigenvalue weighted by Gasteiger charge is 2.52. The van der Waals surface area contributed by atoms with Crippen LogP contribution in [0.2, 0.25) is 0 Å². The third-order valence-electron chi connectivity index (χ3n) is 3.96. The van der Waals surface area contributed by atoms with E-state index in [-0.39, 0.29) is 23.1 Å². The zero-order valence-electron chi connectivity index (χ0n) is 14.5. The van der Waals surface area contributed by atoms with Crippen LogP contribution in [0, 0.1) is 0 Å². The largest absolute Gasteiger partial charge is 0.475 e. The summed E-state index contributed by atoms with van der Waals surface area (Å²) in [6, 6.07) is 0. The molecule has 1 aliphatic heterocycles. The Labute approximate surface area is 129 Å². The molecule has 21 heavy (non-hydrogen) atoms. The molecule has 1 atom stereocenters. The topological polar surface area (TPSA) is 70.8 Å². The van der Waals surface area contributed by atoms with Gasteiger partial charge in [-0.1, -0.05) is 0 Å². The third-order valence-corrected chi connectivity index (χ3v) is 3.96. The van der Waals surface area contributed by atoms with E-state index in [1.165, 1.54) is 0 Å². The molecule has 0 spiro atoms. The number of hydrogen-bond donors (Lipinski definition) is 1. The van der Waals surface area contributed by atoms with Crippen molar-refractivity contribution < 1.29 is 18.8 Å². The Bertz CT molecular complexity index is 360. The van der Waals surface area contributed by atoms with Crippen molar-refractivity contribution in [1.82, 2.24) is 0 Å². The van der Waals surface area contributed by atoms with Crippen LogP contribution in [0.15, 0.2) is 0 Å². The van der Waals surface area contributed by atoms with E-state index in [4.69, 9.17) is 19.8 Å². The van der Waals surface area contributed by atoms with Gasteiger partial charge in [0.15, 0.2) is 0 Å². The first-order valence-electron chi connectivity index (χ1n) is 7.67. The predicted octanol–water partition coefficient (Wildman–Crippen LogP) is 2.46. The van der Waals surface area contributed by atoms with Gasteiger partial charge in [0.2, 0.25) is 0 Å². The van der Waals surface area contributed by atoms with E-state index in [1.807, 2.05) is 48.5 Å². The normalized spacial score (nSPS) is 22.2. The fourth-order valence-corrected chi connectivity index (χ4v) is 2.07. The molecule has 0 amide bonds. The molecule has 1 aliphatic rings. The maximum Gasteiger partial charge on any atom is 0.475 e. The van der Waals surface area contributed by atoms with Crippen molar-refractivity contribution in [2.45, 2.75) is 90.5 Å². The average molecular weight is 299 g/mol. The lowest BCUT2D eigenvalue weighted by Gasteiger charge is -2.32. The Morgan fingerprint density at radius 1 is 1.19 bits per heavy atom. The second-order valence-corrected chi connectivity index (χ2v) is 7.77. The number of hydrogen-bond acceptors (Lipinski definition) is 5. The van der Waals surface area contributed by atoms with Gasteiger partial charge in [-0.2, -0.15) is 0 Å². The summed E-state index contributed by atoms with van der Waals surface area (Å²) in [5, 5.41) is 0. The van der Waals surface area contributed by atoms with E-state index in [0.29, 0.717) is 19.3 Å². The van der Waals surface area contributed by atoms with E-state index in [0.717, 1.165) is 0 Å². The summed E-state index contributed by atoms with van der Waals surface area (Å²) in [6.07, 6.45) is 1.70. The highest BCUT2D eigenvalue weighted by Crippen LogP contribution is 2.37. The fourth-order valence-electron chi connectivity index (χ4n) is 2.07. The molecule has 1 fully saturated rings. The van der Waals surface area contributed by atoms with Crippen molar-refractivity contribution in [3.05, 3.63) is 0 Å². The van der Waals surface area contributed by atoms with Gasteiger partial charge in [0.25, 0.3) is 0 Å². The molecule has 0 aromatic carbocycles. The van der Waals surface area contributed by atoms with E-state index in [9.17, 15) is 4.79 Å². The van der Waals surface area contributed by atoms with E-state index >= 15 is 0 Å². The minimum absolute atomic E-state index is 0.191. The molecule has 1 rings (SSSR count). The van der Waals surface area contributed by atoms with Gasteiger partial charge in [0, 0.05) is 12.4 Å². The predicted molar refractivity (Wildman–Crippen MR) is 83.8 cm³/mol. The van der Waals surface area contributed by atoms with Crippen LogP contribution in [0.5, 0.6) is 0 Å². The Balaban J connectivity index is 2.36. The molecular weight excluding hydrogens is 269 g/mol. The minimum atomic E-state index is -0.440. The van der Waals surface area contributed by atoms with Crippen molar-refractivity contribution in [1.29, 1.82) is 0 Å². The first-order chi connectivity index (χ1) is 9.34. The highest BCUT2D eigenvalue weighted by molar-refractivity contribution is 6.47. The average Bonchev–Trinajstić information content (AvgIpc) is 2.45. The summed E-state index contributed by atoms with van der Waals surface area (Å²) in [7, 11) is -0.423. The number of rotatable bonds is 5. The number of carbonyl (C=O) groups excluding carboxylic acids is 1. The van der Waals surface area contributed by atoms with Gasteiger partial charge >= 0.3 is 13.1 Å². The van der Waals surface area contributed by atoms with Gasteiger partial charge in [0.1, 0.15) is 5.60 Å². The maximum atomic E-state index is 11.6. The molecule has 5 nitrogen and oxygen atoms in total. The minimum Gasteiger partial charge on any atom is -0.460 e. The molecule has 0 aromatic heterocycles. The molecule has 0 radical (unpaired) electrons. The molecule has 6 heteroatoms. The lowest BCUT2D eigenvalue weighted by molar-refractivity contribution is -0.154. The van der Waals surface area contributed by atoms with Crippen LogP contribution in [0.4, 0.5) is 0 Å². The van der Waals surface area contributed by atoms with Crippen molar-refractivity contribution in [3.63, 3.8) is 0 Å². The zero-order chi connectivity index (χ0) is 16.5. The molecule has 0 aliphatic carbocycles. The molecule has 1 heterocycles. The van der Waals surface area contributed by atoms with Crippen LogP contribution in [-0.4, -0.2) is 35.8 Å². The summed E-state index contributed by atoms with van der Waals surface area (Å²) in [5.41, 5.74) is 4.94. The van der Waals surface area contributed by atoms with Gasteiger partial charge < -0.3 is 19.8 Å². The monoisotopic (exact) mass is 299 g/mol. The fraction of sp³-hybridized carbons (Fsp3) is 0.933. The SMILES string of the molecule is CC(C)(C)OC(=O)CCCC(N)B1OC(C)(C)C(C)(C)O1. The lowest BCUT2D eigenvalue weighted by atomic mass is 9.76. The molecular formula is C15H30BNO4.